The molecule has 0 aliphatic carbocycles. The number of rotatable bonds is 9. The minimum atomic E-state index is -0.707. The van der Waals surface area contributed by atoms with Crippen LogP contribution in [0.4, 0.5) is 11.5 Å². The van der Waals surface area contributed by atoms with Crippen LogP contribution in [-0.2, 0) is 22.7 Å². The van der Waals surface area contributed by atoms with Crippen molar-refractivity contribution in [2.24, 2.45) is 11.8 Å². The zero-order chi connectivity index (χ0) is 26.4. The van der Waals surface area contributed by atoms with Gasteiger partial charge in [0.15, 0.2) is 5.69 Å². The van der Waals surface area contributed by atoms with Crippen LogP contribution in [-0.4, -0.2) is 46.5 Å². The van der Waals surface area contributed by atoms with Gasteiger partial charge in [0.1, 0.15) is 11.6 Å². The summed E-state index contributed by atoms with van der Waals surface area (Å²) < 4.78 is 6.78. The second-order valence-corrected chi connectivity index (χ2v) is 9.49. The number of benzene rings is 1. The highest BCUT2D eigenvalue weighted by Crippen LogP contribution is 2.29. The number of aromatic amines is 1. The molecule has 10 nitrogen and oxygen atoms in total. The van der Waals surface area contributed by atoms with E-state index in [1.165, 1.54) is 9.47 Å². The van der Waals surface area contributed by atoms with Gasteiger partial charge in [-0.15, -0.1) is 0 Å². The second-order valence-electron chi connectivity index (χ2n) is 9.49. The van der Waals surface area contributed by atoms with Gasteiger partial charge in [-0.3, -0.25) is 28.8 Å². The number of carbonyl (C=O) groups excluding carboxylic acids is 2. The Labute approximate surface area is 211 Å². The maximum absolute atomic E-state index is 13.9. The molecule has 3 rings (SSSR count). The zero-order valence-corrected chi connectivity index (χ0v) is 21.6. The van der Waals surface area contributed by atoms with Crippen molar-refractivity contribution >= 4 is 23.3 Å². The van der Waals surface area contributed by atoms with Crippen LogP contribution < -0.4 is 26.6 Å². The molecule has 1 aromatic heterocycles. The van der Waals surface area contributed by atoms with E-state index in [0.29, 0.717) is 50.2 Å². The highest BCUT2D eigenvalue weighted by molar-refractivity contribution is 5.97. The van der Waals surface area contributed by atoms with Crippen LogP contribution in [0.1, 0.15) is 52.0 Å². The molecule has 0 spiro atoms. The van der Waals surface area contributed by atoms with Crippen LogP contribution in [0.3, 0.4) is 0 Å². The lowest BCUT2D eigenvalue weighted by Gasteiger charge is -2.35. The first-order valence-electron chi connectivity index (χ1n) is 12.5. The van der Waals surface area contributed by atoms with Gasteiger partial charge in [-0.1, -0.05) is 45.4 Å². The van der Waals surface area contributed by atoms with E-state index < -0.39 is 17.2 Å². The van der Waals surface area contributed by atoms with Gasteiger partial charge in [0.2, 0.25) is 11.8 Å². The van der Waals surface area contributed by atoms with Crippen molar-refractivity contribution in [1.82, 2.24) is 14.5 Å². The normalized spacial score (nSPS) is 14.2. The van der Waals surface area contributed by atoms with Crippen LogP contribution in [0, 0.1) is 11.8 Å². The van der Waals surface area contributed by atoms with Crippen LogP contribution >= 0.6 is 0 Å². The maximum atomic E-state index is 13.9. The lowest BCUT2D eigenvalue weighted by molar-refractivity contribution is -0.137. The molecule has 36 heavy (non-hydrogen) atoms. The molecule has 1 fully saturated rings. The van der Waals surface area contributed by atoms with Gasteiger partial charge in [0.25, 0.3) is 5.56 Å². The summed E-state index contributed by atoms with van der Waals surface area (Å²) in [4.78, 5) is 57.4. The van der Waals surface area contributed by atoms with E-state index in [-0.39, 0.29) is 35.8 Å². The molecular weight excluding hydrogens is 462 g/mol. The second kappa shape index (κ2) is 11.9. The lowest BCUT2D eigenvalue weighted by Crippen LogP contribution is -2.47. The molecule has 2 aromatic rings. The van der Waals surface area contributed by atoms with Crippen molar-refractivity contribution in [1.29, 1.82) is 0 Å². The number of nitrogens with one attached hydrogen (secondary N) is 1. The Bertz CT molecular complexity index is 1190. The van der Waals surface area contributed by atoms with Crippen molar-refractivity contribution in [2.45, 2.75) is 59.5 Å². The summed E-state index contributed by atoms with van der Waals surface area (Å²) in [6.07, 6.45) is 2.48. The standard InChI is InChI=1S/C26H37N5O5/c1-5-6-13-30-22(27)21(23(32)28-26(30)35)31(16-19-9-7-8-10-20(19)36-4)25(34)18-11-14-29(15-12-18)24(33)17(2)3/h7-10,17-18H,5-6,11-16,27H2,1-4H3,(H,28,32,35). The number of para-hydroxylation sites is 1. The summed E-state index contributed by atoms with van der Waals surface area (Å²) in [5, 5.41) is 0. The molecule has 2 amide bonds. The Morgan fingerprint density at radius 2 is 1.86 bits per heavy atom. The molecule has 3 N–H and O–H groups in total. The molecule has 1 aromatic carbocycles. The zero-order valence-electron chi connectivity index (χ0n) is 21.6. The highest BCUT2D eigenvalue weighted by atomic mass is 16.5. The molecule has 0 radical (unpaired) electrons. The van der Waals surface area contributed by atoms with E-state index >= 15 is 0 Å². The molecule has 0 atom stereocenters. The Balaban J connectivity index is 2.01. The number of amides is 2. The van der Waals surface area contributed by atoms with Gasteiger partial charge in [-0.25, -0.2) is 4.79 Å². The molecular formula is C26H37N5O5. The number of H-pyrrole nitrogens is 1. The van der Waals surface area contributed by atoms with Crippen LogP contribution in [0.15, 0.2) is 33.9 Å². The van der Waals surface area contributed by atoms with Gasteiger partial charge in [0, 0.05) is 37.0 Å². The average Bonchev–Trinajstić information content (AvgIpc) is 2.87. The fourth-order valence-corrected chi connectivity index (χ4v) is 4.58. The first kappa shape index (κ1) is 27.0. The number of nitrogens with zero attached hydrogens (tertiary/aromatic N) is 3. The van der Waals surface area contributed by atoms with Gasteiger partial charge < -0.3 is 15.4 Å². The molecule has 10 heteroatoms. The Morgan fingerprint density at radius 3 is 2.47 bits per heavy atom. The van der Waals surface area contributed by atoms with Gasteiger partial charge in [0.05, 0.1) is 13.7 Å². The third kappa shape index (κ3) is 5.80. The van der Waals surface area contributed by atoms with Crippen molar-refractivity contribution in [3.63, 3.8) is 0 Å². The number of nitrogens with two attached hydrogens (primary N) is 1. The predicted octanol–water partition coefficient (Wildman–Crippen LogP) is 2.36. The SMILES string of the molecule is CCCCn1c(N)c(N(Cc2ccccc2OC)C(=O)C2CCN(C(=O)C(C)C)CC2)c(=O)[nH]c1=O. The topological polar surface area (TPSA) is 131 Å². The number of ether oxygens (including phenoxy) is 1. The summed E-state index contributed by atoms with van der Waals surface area (Å²) in [6.45, 7) is 7.02. The van der Waals surface area contributed by atoms with Crippen molar-refractivity contribution in [3.8, 4) is 5.75 Å². The lowest BCUT2D eigenvalue weighted by atomic mass is 9.94. The number of likely N-dealkylation sites (tertiary alicyclic amines) is 1. The number of hydrogen-bond acceptors (Lipinski definition) is 6. The molecule has 196 valence electrons. The summed E-state index contributed by atoms with van der Waals surface area (Å²) in [6, 6.07) is 7.25. The Hall–Kier alpha value is -3.56. The fourth-order valence-electron chi connectivity index (χ4n) is 4.58. The van der Waals surface area contributed by atoms with E-state index in [9.17, 15) is 19.2 Å². The molecule has 1 saturated heterocycles. The molecule has 0 bridgehead atoms. The number of piperidine rings is 1. The molecule has 2 heterocycles. The third-order valence-corrected chi connectivity index (χ3v) is 6.66. The number of hydrogen-bond donors (Lipinski definition) is 2. The monoisotopic (exact) mass is 499 g/mol. The van der Waals surface area contributed by atoms with Gasteiger partial charge in [-0.05, 0) is 25.3 Å². The number of nitrogen functional groups attached to an aromatic ring is 1. The summed E-state index contributed by atoms with van der Waals surface area (Å²) >= 11 is 0. The van der Waals surface area contributed by atoms with Crippen molar-refractivity contribution in [3.05, 3.63) is 50.7 Å². The molecule has 1 aliphatic rings. The van der Waals surface area contributed by atoms with Crippen LogP contribution in [0.25, 0.3) is 0 Å². The quantitative estimate of drug-likeness (QED) is 0.545. The largest absolute Gasteiger partial charge is 0.496 e. The molecule has 0 unspecified atom stereocenters. The van der Waals surface area contributed by atoms with Gasteiger partial charge in [-0.2, -0.15) is 0 Å². The van der Waals surface area contributed by atoms with E-state index in [0.717, 1.165) is 6.42 Å². The van der Waals surface area contributed by atoms with Crippen LogP contribution in [0.5, 0.6) is 5.75 Å². The van der Waals surface area contributed by atoms with E-state index in [2.05, 4.69) is 4.98 Å². The third-order valence-electron chi connectivity index (χ3n) is 6.66. The van der Waals surface area contributed by atoms with Crippen molar-refractivity contribution in [2.75, 3.05) is 30.8 Å². The predicted molar refractivity (Wildman–Crippen MR) is 139 cm³/mol. The number of methoxy groups -OCH3 is 1. The van der Waals surface area contributed by atoms with E-state index in [4.69, 9.17) is 10.5 Å². The van der Waals surface area contributed by atoms with Crippen LogP contribution in [0.2, 0.25) is 0 Å². The summed E-state index contributed by atoms with van der Waals surface area (Å²) in [7, 11) is 1.54. The Morgan fingerprint density at radius 1 is 1.19 bits per heavy atom. The maximum Gasteiger partial charge on any atom is 0.330 e. The number of aromatic nitrogens is 2. The van der Waals surface area contributed by atoms with Crippen molar-refractivity contribution < 1.29 is 14.3 Å². The number of unbranched alkanes of at least 4 members (excludes halogenated alkanes) is 1. The summed E-state index contributed by atoms with van der Waals surface area (Å²) in [5.41, 5.74) is 5.73. The molecule has 0 saturated carbocycles. The summed E-state index contributed by atoms with van der Waals surface area (Å²) in [5.74, 6) is -0.173. The van der Waals surface area contributed by atoms with Gasteiger partial charge >= 0.3 is 5.69 Å². The average molecular weight is 500 g/mol. The first-order chi connectivity index (χ1) is 17.2. The number of anilines is 2. The first-order valence-corrected chi connectivity index (χ1v) is 12.5. The minimum absolute atomic E-state index is 0.0344. The fraction of sp³-hybridized carbons (Fsp3) is 0.538. The smallest absolute Gasteiger partial charge is 0.330 e. The molecule has 1 aliphatic heterocycles. The Kier molecular flexibility index (Phi) is 8.95. The highest BCUT2D eigenvalue weighted by Gasteiger charge is 2.34. The van der Waals surface area contributed by atoms with E-state index in [1.807, 2.05) is 39.0 Å². The van der Waals surface area contributed by atoms with E-state index in [1.54, 1.807) is 18.1 Å². The number of carbonyl (C=O) groups is 2. The minimum Gasteiger partial charge on any atom is -0.496 e.